The van der Waals surface area contributed by atoms with Gasteiger partial charge in [0.25, 0.3) is 0 Å². The van der Waals surface area contributed by atoms with Crippen LogP contribution in [0.25, 0.3) is 0 Å². The lowest BCUT2D eigenvalue weighted by atomic mass is 10.2. The number of nitrogens with zero attached hydrogens (tertiary/aromatic N) is 2. The summed E-state index contributed by atoms with van der Waals surface area (Å²) in [5, 5.41) is 0. The van der Waals surface area contributed by atoms with Crippen molar-refractivity contribution in [1.82, 2.24) is 9.80 Å². The average molecular weight is 154 g/mol. The van der Waals surface area contributed by atoms with Crippen LogP contribution in [0.2, 0.25) is 0 Å². The summed E-state index contributed by atoms with van der Waals surface area (Å²) in [5.74, 6) is 0. The molecule has 0 aliphatic carbocycles. The zero-order valence-electron chi connectivity index (χ0n) is 7.75. The molecule has 0 saturated carbocycles. The van der Waals surface area contributed by atoms with Gasteiger partial charge in [-0.2, -0.15) is 0 Å². The Morgan fingerprint density at radius 3 is 2.27 bits per heavy atom. The predicted molar refractivity (Wildman–Crippen MR) is 46.7 cm³/mol. The Balaban J connectivity index is 2.02. The first-order valence-corrected chi connectivity index (χ1v) is 4.64. The van der Waals surface area contributed by atoms with Crippen LogP contribution in [0.5, 0.6) is 0 Å². The molecule has 2 nitrogen and oxygen atoms in total. The largest absolute Gasteiger partial charge is 0.301 e. The molecule has 0 N–H and O–H groups in total. The van der Waals surface area contributed by atoms with Gasteiger partial charge in [-0.15, -0.1) is 0 Å². The van der Waals surface area contributed by atoms with Crippen molar-refractivity contribution < 1.29 is 0 Å². The lowest BCUT2D eigenvalue weighted by molar-refractivity contribution is 0.121. The molecule has 64 valence electrons. The van der Waals surface area contributed by atoms with Crippen LogP contribution in [0, 0.1) is 0 Å². The normalized spacial score (nSPS) is 39.3. The summed E-state index contributed by atoms with van der Waals surface area (Å²) in [6.45, 7) is 7.21. The van der Waals surface area contributed by atoms with E-state index in [-0.39, 0.29) is 0 Å². The maximum Gasteiger partial charge on any atom is 0.0241 e. The molecule has 11 heavy (non-hydrogen) atoms. The summed E-state index contributed by atoms with van der Waals surface area (Å²) in [6, 6.07) is 2.48. The predicted octanol–water partition coefficient (Wildman–Crippen LogP) is 0.783. The van der Waals surface area contributed by atoms with Crippen LogP contribution in [-0.4, -0.2) is 48.1 Å². The quantitative estimate of drug-likeness (QED) is 0.551. The molecule has 0 amide bonds. The second-order valence-corrected chi connectivity index (χ2v) is 4.27. The number of hydrogen-bond acceptors (Lipinski definition) is 2. The van der Waals surface area contributed by atoms with E-state index in [0.29, 0.717) is 0 Å². The Hall–Kier alpha value is -0.0800. The van der Waals surface area contributed by atoms with Gasteiger partial charge in [0.15, 0.2) is 0 Å². The van der Waals surface area contributed by atoms with Gasteiger partial charge in [-0.05, 0) is 27.3 Å². The van der Waals surface area contributed by atoms with E-state index < -0.39 is 0 Å². The fourth-order valence-corrected chi connectivity index (χ4v) is 2.53. The van der Waals surface area contributed by atoms with E-state index >= 15 is 0 Å². The third kappa shape index (κ3) is 1.09. The van der Waals surface area contributed by atoms with E-state index in [1.165, 1.54) is 19.5 Å². The molecule has 2 rings (SSSR count). The van der Waals surface area contributed by atoms with Crippen LogP contribution in [0.1, 0.15) is 20.3 Å². The molecule has 2 heterocycles. The molecular formula is C9H18N2. The van der Waals surface area contributed by atoms with Crippen molar-refractivity contribution in [3.8, 4) is 0 Å². The Labute approximate surface area is 69.2 Å². The fourth-order valence-electron chi connectivity index (χ4n) is 2.53. The maximum atomic E-state index is 2.64. The summed E-state index contributed by atoms with van der Waals surface area (Å²) < 4.78 is 0. The highest BCUT2D eigenvalue weighted by molar-refractivity contribution is 4.99. The van der Waals surface area contributed by atoms with Crippen LogP contribution in [0.3, 0.4) is 0 Å². The molecule has 0 spiro atoms. The lowest BCUT2D eigenvalue weighted by Crippen LogP contribution is -2.47. The molecule has 2 heteroatoms. The molecule has 0 unspecified atom stereocenters. The highest BCUT2D eigenvalue weighted by Crippen LogP contribution is 2.30. The Kier molecular flexibility index (Phi) is 1.69. The van der Waals surface area contributed by atoms with Gasteiger partial charge in [-0.25, -0.2) is 0 Å². The fraction of sp³-hybridized carbons (Fsp3) is 1.00. The molecular weight excluding hydrogens is 136 g/mol. The van der Waals surface area contributed by atoms with Crippen molar-refractivity contribution >= 4 is 0 Å². The average Bonchev–Trinajstić information content (AvgIpc) is 2.43. The van der Waals surface area contributed by atoms with Gasteiger partial charge in [-0.1, -0.05) is 0 Å². The van der Waals surface area contributed by atoms with Crippen LogP contribution in [-0.2, 0) is 0 Å². The van der Waals surface area contributed by atoms with Crippen molar-refractivity contribution in [2.24, 2.45) is 0 Å². The van der Waals surface area contributed by atoms with E-state index in [2.05, 4.69) is 30.7 Å². The van der Waals surface area contributed by atoms with E-state index in [0.717, 1.165) is 18.1 Å². The highest BCUT2D eigenvalue weighted by Gasteiger charge is 2.41. The van der Waals surface area contributed by atoms with Gasteiger partial charge < -0.3 is 4.90 Å². The van der Waals surface area contributed by atoms with Gasteiger partial charge in [0.05, 0.1) is 0 Å². The number of likely N-dealkylation sites (N-methyl/N-ethyl adjacent to an activating group) is 1. The standard InChI is InChI=1S/C9H18N2/c1-7(2)11-6-8-4-9(11)5-10(8)3/h7-9H,4-6H2,1-3H3/t8-,9+/m1/s1. The smallest absolute Gasteiger partial charge is 0.0241 e. The zero-order valence-corrected chi connectivity index (χ0v) is 7.75. The van der Waals surface area contributed by atoms with Gasteiger partial charge in [0, 0.05) is 31.2 Å². The summed E-state index contributed by atoms with van der Waals surface area (Å²) >= 11 is 0. The topological polar surface area (TPSA) is 6.48 Å². The van der Waals surface area contributed by atoms with Crippen LogP contribution in [0.15, 0.2) is 0 Å². The molecule has 2 saturated heterocycles. The van der Waals surface area contributed by atoms with E-state index in [4.69, 9.17) is 0 Å². The SMILES string of the molecule is CC(C)N1C[C@H]2C[C@H]1CN2C. The van der Waals surface area contributed by atoms with Crippen molar-refractivity contribution in [3.05, 3.63) is 0 Å². The molecule has 0 aromatic rings. The Morgan fingerprint density at radius 2 is 1.91 bits per heavy atom. The molecule has 2 aliphatic rings. The summed E-state index contributed by atoms with van der Waals surface area (Å²) in [4.78, 5) is 5.15. The molecule has 0 aromatic heterocycles. The summed E-state index contributed by atoms with van der Waals surface area (Å²) in [5.41, 5.74) is 0. The first-order valence-electron chi connectivity index (χ1n) is 4.64. The van der Waals surface area contributed by atoms with Crippen molar-refractivity contribution in [1.29, 1.82) is 0 Å². The minimum absolute atomic E-state index is 0.749. The van der Waals surface area contributed by atoms with E-state index in [1.54, 1.807) is 0 Å². The second-order valence-electron chi connectivity index (χ2n) is 4.27. The second kappa shape index (κ2) is 2.46. The highest BCUT2D eigenvalue weighted by atomic mass is 15.3. The number of likely N-dealkylation sites (tertiary alicyclic amines) is 2. The number of fused-ring (bicyclic) bond motifs is 2. The summed E-state index contributed by atoms with van der Waals surface area (Å²) in [6.07, 6.45) is 1.41. The van der Waals surface area contributed by atoms with Crippen LogP contribution in [0.4, 0.5) is 0 Å². The molecule has 2 aliphatic heterocycles. The molecule has 0 radical (unpaired) electrons. The van der Waals surface area contributed by atoms with Gasteiger partial charge >= 0.3 is 0 Å². The number of piperazine rings is 1. The van der Waals surface area contributed by atoms with Crippen LogP contribution >= 0.6 is 0 Å². The van der Waals surface area contributed by atoms with Gasteiger partial charge in [0.2, 0.25) is 0 Å². The van der Waals surface area contributed by atoms with Crippen molar-refractivity contribution in [3.63, 3.8) is 0 Å². The third-order valence-corrected chi connectivity index (χ3v) is 3.22. The summed E-state index contributed by atoms with van der Waals surface area (Å²) in [7, 11) is 2.25. The Morgan fingerprint density at radius 1 is 1.18 bits per heavy atom. The van der Waals surface area contributed by atoms with Crippen molar-refractivity contribution in [2.75, 3.05) is 20.1 Å². The first-order chi connectivity index (χ1) is 5.18. The van der Waals surface area contributed by atoms with E-state index in [1.807, 2.05) is 0 Å². The number of hydrogen-bond donors (Lipinski definition) is 0. The molecule has 2 atom stereocenters. The monoisotopic (exact) mass is 154 g/mol. The van der Waals surface area contributed by atoms with Crippen molar-refractivity contribution in [2.45, 2.75) is 38.4 Å². The number of rotatable bonds is 1. The lowest BCUT2D eigenvalue weighted by Gasteiger charge is -2.34. The zero-order chi connectivity index (χ0) is 8.01. The first kappa shape index (κ1) is 7.56. The van der Waals surface area contributed by atoms with Crippen LogP contribution < -0.4 is 0 Å². The Bertz CT molecular complexity index is 154. The third-order valence-electron chi connectivity index (χ3n) is 3.22. The molecule has 0 aromatic carbocycles. The minimum atomic E-state index is 0.749. The minimum Gasteiger partial charge on any atom is -0.301 e. The maximum absolute atomic E-state index is 2.64. The molecule has 2 bridgehead atoms. The van der Waals surface area contributed by atoms with Gasteiger partial charge in [-0.3, -0.25) is 4.90 Å². The van der Waals surface area contributed by atoms with E-state index in [9.17, 15) is 0 Å². The molecule has 2 fully saturated rings. The van der Waals surface area contributed by atoms with Gasteiger partial charge in [0.1, 0.15) is 0 Å².